The molecule has 0 saturated carbocycles. The standard InChI is InChI=1S/C27H26FN5/c1-18-24-16-21(8-12-25(24)30-17-29-18)23-11-13-26(31-19(2)33-14-4-3-5-15-33)32-27(23)20-6-9-22(28)10-7-20/h6-13,16-17H,2-5,14-15H2,1H3,(H,31,32). The first-order valence-electron chi connectivity index (χ1n) is 11.3. The van der Waals surface area contributed by atoms with E-state index in [2.05, 4.69) is 38.9 Å². The molecule has 0 aliphatic carbocycles. The van der Waals surface area contributed by atoms with Gasteiger partial charge in [-0.1, -0.05) is 12.6 Å². The van der Waals surface area contributed by atoms with Crippen LogP contribution in [0.15, 0.2) is 73.3 Å². The molecule has 3 heterocycles. The maximum Gasteiger partial charge on any atom is 0.132 e. The lowest BCUT2D eigenvalue weighted by Gasteiger charge is -2.30. The van der Waals surface area contributed by atoms with E-state index in [1.165, 1.54) is 31.4 Å². The lowest BCUT2D eigenvalue weighted by Crippen LogP contribution is -2.31. The Bertz CT molecular complexity index is 1310. The van der Waals surface area contributed by atoms with Crippen LogP contribution in [0.2, 0.25) is 0 Å². The second-order valence-electron chi connectivity index (χ2n) is 8.41. The van der Waals surface area contributed by atoms with Gasteiger partial charge in [-0.05, 0) is 80.3 Å². The van der Waals surface area contributed by atoms with Gasteiger partial charge in [-0.15, -0.1) is 0 Å². The van der Waals surface area contributed by atoms with Crippen LogP contribution in [0.3, 0.4) is 0 Å². The second kappa shape index (κ2) is 8.98. The van der Waals surface area contributed by atoms with Crippen LogP contribution in [-0.4, -0.2) is 32.9 Å². The molecule has 1 aliphatic heterocycles. The zero-order valence-electron chi connectivity index (χ0n) is 18.7. The first-order chi connectivity index (χ1) is 16.1. The third-order valence-corrected chi connectivity index (χ3v) is 6.17. The molecule has 0 spiro atoms. The Morgan fingerprint density at radius 1 is 0.939 bits per heavy atom. The molecule has 5 rings (SSSR count). The Morgan fingerprint density at radius 3 is 2.48 bits per heavy atom. The van der Waals surface area contributed by atoms with Gasteiger partial charge in [0.1, 0.15) is 18.0 Å². The molecule has 2 aromatic carbocycles. The number of anilines is 1. The molecule has 1 N–H and O–H groups in total. The van der Waals surface area contributed by atoms with E-state index in [1.807, 2.05) is 25.1 Å². The van der Waals surface area contributed by atoms with Crippen molar-refractivity contribution in [2.75, 3.05) is 18.4 Å². The van der Waals surface area contributed by atoms with Crippen LogP contribution in [0, 0.1) is 12.7 Å². The van der Waals surface area contributed by atoms with Gasteiger partial charge in [0.25, 0.3) is 0 Å². The molecular weight excluding hydrogens is 413 g/mol. The number of likely N-dealkylation sites (tertiary alicyclic amines) is 1. The van der Waals surface area contributed by atoms with Crippen molar-refractivity contribution in [1.29, 1.82) is 0 Å². The van der Waals surface area contributed by atoms with E-state index in [9.17, 15) is 4.39 Å². The van der Waals surface area contributed by atoms with Crippen molar-refractivity contribution in [1.82, 2.24) is 19.9 Å². The molecule has 166 valence electrons. The molecule has 0 unspecified atom stereocenters. The van der Waals surface area contributed by atoms with Crippen LogP contribution >= 0.6 is 0 Å². The van der Waals surface area contributed by atoms with Gasteiger partial charge < -0.3 is 10.2 Å². The Morgan fingerprint density at radius 2 is 1.70 bits per heavy atom. The molecule has 4 aromatic rings. The van der Waals surface area contributed by atoms with E-state index >= 15 is 0 Å². The predicted molar refractivity (Wildman–Crippen MR) is 131 cm³/mol. The summed E-state index contributed by atoms with van der Waals surface area (Å²) >= 11 is 0. The molecule has 0 atom stereocenters. The third kappa shape index (κ3) is 4.42. The van der Waals surface area contributed by atoms with Crippen LogP contribution in [-0.2, 0) is 0 Å². The molecule has 0 bridgehead atoms. The van der Waals surface area contributed by atoms with E-state index in [0.717, 1.165) is 57.9 Å². The van der Waals surface area contributed by atoms with E-state index in [1.54, 1.807) is 18.5 Å². The Kier molecular flexibility index (Phi) is 5.73. The normalized spacial score (nSPS) is 13.8. The lowest BCUT2D eigenvalue weighted by molar-refractivity contribution is 0.289. The van der Waals surface area contributed by atoms with Gasteiger partial charge in [0.05, 0.1) is 17.0 Å². The largest absolute Gasteiger partial charge is 0.359 e. The van der Waals surface area contributed by atoms with Gasteiger partial charge in [0.2, 0.25) is 0 Å². The fourth-order valence-corrected chi connectivity index (χ4v) is 4.33. The molecule has 0 amide bonds. The molecule has 6 heteroatoms. The molecule has 5 nitrogen and oxygen atoms in total. The SMILES string of the molecule is C=C(Nc1ccc(-c2ccc3ncnc(C)c3c2)c(-c2ccc(F)cc2)n1)N1CCCCC1. The van der Waals surface area contributed by atoms with Crippen molar-refractivity contribution < 1.29 is 4.39 Å². The highest BCUT2D eigenvalue weighted by atomic mass is 19.1. The van der Waals surface area contributed by atoms with Crippen molar-refractivity contribution >= 4 is 16.7 Å². The maximum atomic E-state index is 13.6. The van der Waals surface area contributed by atoms with Crippen LogP contribution in [0.25, 0.3) is 33.3 Å². The third-order valence-electron chi connectivity index (χ3n) is 6.17. The maximum absolute atomic E-state index is 13.6. The predicted octanol–water partition coefficient (Wildman–Crippen LogP) is 6.18. The summed E-state index contributed by atoms with van der Waals surface area (Å²) in [5.41, 5.74) is 5.42. The second-order valence-corrected chi connectivity index (χ2v) is 8.41. The molecule has 1 aliphatic rings. The number of hydrogen-bond donors (Lipinski definition) is 1. The van der Waals surface area contributed by atoms with Crippen molar-refractivity contribution in [3.8, 4) is 22.4 Å². The van der Waals surface area contributed by atoms with Crippen molar-refractivity contribution in [3.05, 3.63) is 84.8 Å². The Hall–Kier alpha value is -3.80. The number of aryl methyl sites for hydroxylation is 1. The van der Waals surface area contributed by atoms with Crippen molar-refractivity contribution in [3.63, 3.8) is 0 Å². The van der Waals surface area contributed by atoms with Crippen molar-refractivity contribution in [2.24, 2.45) is 0 Å². The number of rotatable bonds is 5. The fourth-order valence-electron chi connectivity index (χ4n) is 4.33. The number of nitrogens with one attached hydrogen (secondary N) is 1. The number of nitrogens with zero attached hydrogens (tertiary/aromatic N) is 4. The quantitative estimate of drug-likeness (QED) is 0.403. The topological polar surface area (TPSA) is 53.9 Å². The Labute approximate surface area is 193 Å². The number of benzene rings is 2. The highest BCUT2D eigenvalue weighted by molar-refractivity contribution is 5.90. The number of hydrogen-bond acceptors (Lipinski definition) is 5. The summed E-state index contributed by atoms with van der Waals surface area (Å²) in [6.07, 6.45) is 5.21. The van der Waals surface area contributed by atoms with Gasteiger partial charge in [-0.2, -0.15) is 0 Å². The number of piperidine rings is 1. The molecular formula is C27H26FN5. The van der Waals surface area contributed by atoms with Gasteiger partial charge in [0.15, 0.2) is 0 Å². The minimum Gasteiger partial charge on any atom is -0.359 e. The average molecular weight is 440 g/mol. The highest BCUT2D eigenvalue weighted by Crippen LogP contribution is 2.34. The van der Waals surface area contributed by atoms with Gasteiger partial charge in [-0.3, -0.25) is 0 Å². The molecule has 2 aromatic heterocycles. The fraction of sp³-hybridized carbons (Fsp3) is 0.222. The summed E-state index contributed by atoms with van der Waals surface area (Å²) < 4.78 is 13.6. The van der Waals surface area contributed by atoms with Gasteiger partial charge >= 0.3 is 0 Å². The van der Waals surface area contributed by atoms with E-state index in [-0.39, 0.29) is 5.82 Å². The van der Waals surface area contributed by atoms with Crippen LogP contribution in [0.5, 0.6) is 0 Å². The van der Waals surface area contributed by atoms with E-state index in [4.69, 9.17) is 4.98 Å². The summed E-state index contributed by atoms with van der Waals surface area (Å²) in [5, 5.41) is 4.38. The number of pyridine rings is 1. The molecule has 1 fully saturated rings. The minimum absolute atomic E-state index is 0.272. The van der Waals surface area contributed by atoms with Crippen LogP contribution in [0.1, 0.15) is 25.0 Å². The minimum atomic E-state index is -0.272. The first-order valence-corrected chi connectivity index (χ1v) is 11.3. The summed E-state index contributed by atoms with van der Waals surface area (Å²) in [6.45, 7) is 8.22. The summed E-state index contributed by atoms with van der Waals surface area (Å²) in [4.78, 5) is 15.9. The number of aromatic nitrogens is 3. The van der Waals surface area contributed by atoms with Crippen LogP contribution < -0.4 is 5.32 Å². The van der Waals surface area contributed by atoms with Crippen LogP contribution in [0.4, 0.5) is 10.2 Å². The van der Waals surface area contributed by atoms with Gasteiger partial charge in [0, 0.05) is 35.3 Å². The average Bonchev–Trinajstić information content (AvgIpc) is 2.85. The summed E-state index contributed by atoms with van der Waals surface area (Å²) in [6, 6.07) is 16.6. The molecule has 33 heavy (non-hydrogen) atoms. The monoisotopic (exact) mass is 439 g/mol. The lowest BCUT2D eigenvalue weighted by atomic mass is 9.97. The summed E-state index contributed by atoms with van der Waals surface area (Å²) in [5.74, 6) is 1.30. The highest BCUT2D eigenvalue weighted by Gasteiger charge is 2.15. The number of halogens is 1. The van der Waals surface area contributed by atoms with Gasteiger partial charge in [-0.25, -0.2) is 19.3 Å². The molecule has 1 saturated heterocycles. The van der Waals surface area contributed by atoms with E-state index < -0.39 is 0 Å². The summed E-state index contributed by atoms with van der Waals surface area (Å²) in [7, 11) is 0. The Balaban J connectivity index is 1.56. The number of fused-ring (bicyclic) bond motifs is 1. The molecule has 0 radical (unpaired) electrons. The van der Waals surface area contributed by atoms with E-state index in [0.29, 0.717) is 5.82 Å². The first kappa shape index (κ1) is 21.1. The van der Waals surface area contributed by atoms with Crippen molar-refractivity contribution in [2.45, 2.75) is 26.2 Å². The zero-order valence-corrected chi connectivity index (χ0v) is 18.7. The zero-order chi connectivity index (χ0) is 22.8. The smallest absolute Gasteiger partial charge is 0.132 e.